The summed E-state index contributed by atoms with van der Waals surface area (Å²) in [6.45, 7) is 0.815. The zero-order valence-corrected chi connectivity index (χ0v) is 32.6. The van der Waals surface area contributed by atoms with Gasteiger partial charge in [0.05, 0.1) is 14.2 Å². The molecule has 0 aromatic heterocycles. The van der Waals surface area contributed by atoms with Gasteiger partial charge < -0.3 is 40.5 Å². The minimum Gasteiger partial charge on any atom is -0.453 e. The molecular formula is C38H48N6O8S2. The molecule has 4 atom stereocenters. The second kappa shape index (κ2) is 21.1. The van der Waals surface area contributed by atoms with Gasteiger partial charge in [-0.25, -0.2) is 9.59 Å². The van der Waals surface area contributed by atoms with E-state index in [1.54, 1.807) is 59.9 Å². The number of hydrogen-bond donors (Lipinski definition) is 4. The molecular weight excluding hydrogens is 733 g/mol. The molecule has 2 heterocycles. The number of nitrogens with zero attached hydrogens (tertiary/aromatic N) is 2. The zero-order chi connectivity index (χ0) is 39.0. The molecule has 2 saturated heterocycles. The lowest BCUT2D eigenvalue weighted by molar-refractivity contribution is -0.138. The van der Waals surface area contributed by atoms with Crippen LogP contribution in [0.15, 0.2) is 48.5 Å². The minimum atomic E-state index is -0.797. The van der Waals surface area contributed by atoms with Gasteiger partial charge in [-0.15, -0.1) is 0 Å². The number of likely N-dealkylation sites (tertiary alicyclic amines) is 2. The predicted octanol–water partition coefficient (Wildman–Crippen LogP) is 3.90. The molecule has 290 valence electrons. The smallest absolute Gasteiger partial charge is 0.407 e. The highest BCUT2D eigenvalue weighted by Gasteiger charge is 2.39. The summed E-state index contributed by atoms with van der Waals surface area (Å²) in [5.41, 5.74) is 2.31. The van der Waals surface area contributed by atoms with E-state index in [1.165, 1.54) is 24.0 Å². The number of hydrogen-bond acceptors (Lipinski definition) is 10. The van der Waals surface area contributed by atoms with E-state index in [2.05, 4.69) is 33.1 Å². The van der Waals surface area contributed by atoms with Crippen LogP contribution in [0.4, 0.5) is 21.0 Å². The van der Waals surface area contributed by atoms with E-state index >= 15 is 0 Å². The summed E-state index contributed by atoms with van der Waals surface area (Å²) in [5, 5.41) is 11.1. The number of nitrogens with one attached hydrogen (secondary N) is 4. The van der Waals surface area contributed by atoms with Gasteiger partial charge in [0.15, 0.2) is 0 Å². The van der Waals surface area contributed by atoms with E-state index in [9.17, 15) is 28.8 Å². The number of alkyl carbamates (subject to hydrolysis) is 2. The maximum atomic E-state index is 13.4. The third-order valence-electron chi connectivity index (χ3n) is 9.06. The standard InChI is InChI=1S/C38H48N6O8S2/c1-51-37(49)41-29(17-21-53-3)35(47)43-19-7-13-31(43)33(45)39-27-11-5-9-25(23-27)15-16-26-10-6-12-28(24-26)40-34(46)32-14-8-20-44(32)36(48)30(18-22-54-4)42-38(50)52-2/h5-6,9-12,23-24,29-32H,7-8,13-14,17-22H2,1-4H3,(H,39,45)(H,40,46)(H,41,49)(H,42,50)/t29-,30-,31+,32+/m1/s1. The summed E-state index contributed by atoms with van der Waals surface area (Å²) in [6, 6.07) is 11.2. The van der Waals surface area contributed by atoms with E-state index in [-0.39, 0.29) is 23.6 Å². The van der Waals surface area contributed by atoms with Gasteiger partial charge in [-0.05, 0) is 98.9 Å². The Balaban J connectivity index is 1.39. The zero-order valence-electron chi connectivity index (χ0n) is 31.0. The molecule has 16 heteroatoms. The molecule has 0 spiro atoms. The predicted molar refractivity (Wildman–Crippen MR) is 210 cm³/mol. The second-order valence-electron chi connectivity index (χ2n) is 12.7. The first-order chi connectivity index (χ1) is 26.1. The van der Waals surface area contributed by atoms with Gasteiger partial charge in [0.1, 0.15) is 24.2 Å². The largest absolute Gasteiger partial charge is 0.453 e. The topological polar surface area (TPSA) is 175 Å². The van der Waals surface area contributed by atoms with Crippen molar-refractivity contribution in [2.45, 2.75) is 62.7 Å². The first-order valence-corrected chi connectivity index (χ1v) is 20.5. The second-order valence-corrected chi connectivity index (χ2v) is 14.7. The molecule has 0 saturated carbocycles. The van der Waals surface area contributed by atoms with Gasteiger partial charge in [-0.2, -0.15) is 23.5 Å². The van der Waals surface area contributed by atoms with Crippen molar-refractivity contribution >= 4 is 70.7 Å². The van der Waals surface area contributed by atoms with E-state index < -0.39 is 36.4 Å². The van der Waals surface area contributed by atoms with Gasteiger partial charge in [0, 0.05) is 35.6 Å². The molecule has 4 rings (SSSR count). The Morgan fingerprint density at radius 3 is 1.48 bits per heavy atom. The highest BCUT2D eigenvalue weighted by molar-refractivity contribution is 7.98. The summed E-state index contributed by atoms with van der Waals surface area (Å²) >= 11 is 3.11. The number of carbonyl (C=O) groups excluding carboxylic acids is 6. The van der Waals surface area contributed by atoms with Crippen molar-refractivity contribution in [2.75, 3.05) is 62.0 Å². The van der Waals surface area contributed by atoms with Crippen LogP contribution in [-0.4, -0.2) is 121 Å². The molecule has 0 aliphatic carbocycles. The van der Waals surface area contributed by atoms with Crippen LogP contribution in [0.3, 0.4) is 0 Å². The van der Waals surface area contributed by atoms with E-state index in [4.69, 9.17) is 9.47 Å². The summed E-state index contributed by atoms with van der Waals surface area (Å²) in [7, 11) is 2.48. The summed E-state index contributed by atoms with van der Waals surface area (Å²) in [6.07, 6.45) is 5.56. The molecule has 6 amide bonds. The highest BCUT2D eigenvalue weighted by Crippen LogP contribution is 2.24. The molecule has 2 aromatic rings. The van der Waals surface area contributed by atoms with Crippen molar-refractivity contribution in [1.29, 1.82) is 0 Å². The van der Waals surface area contributed by atoms with Crippen LogP contribution >= 0.6 is 23.5 Å². The molecule has 54 heavy (non-hydrogen) atoms. The first-order valence-electron chi connectivity index (χ1n) is 17.7. The molecule has 2 aromatic carbocycles. The first kappa shape index (κ1) is 41.9. The quantitative estimate of drug-likeness (QED) is 0.206. The van der Waals surface area contributed by atoms with Crippen LogP contribution < -0.4 is 21.3 Å². The van der Waals surface area contributed by atoms with Crippen molar-refractivity contribution in [1.82, 2.24) is 20.4 Å². The Hall–Kier alpha value is -4.88. The van der Waals surface area contributed by atoms with Crippen molar-refractivity contribution in [3.05, 3.63) is 59.7 Å². The van der Waals surface area contributed by atoms with Crippen molar-refractivity contribution < 1.29 is 38.2 Å². The highest BCUT2D eigenvalue weighted by atomic mass is 32.2. The van der Waals surface area contributed by atoms with Crippen LogP contribution in [0.1, 0.15) is 49.7 Å². The molecule has 2 aliphatic rings. The molecule has 2 fully saturated rings. The monoisotopic (exact) mass is 780 g/mol. The number of carbonyl (C=O) groups is 6. The Kier molecular flexibility index (Phi) is 16.4. The lowest BCUT2D eigenvalue weighted by Gasteiger charge is -2.28. The maximum absolute atomic E-state index is 13.4. The third kappa shape index (κ3) is 11.8. The number of methoxy groups -OCH3 is 2. The summed E-state index contributed by atoms with van der Waals surface area (Å²) < 4.78 is 9.41. The number of ether oxygens (including phenoxy) is 2. The van der Waals surface area contributed by atoms with E-state index in [1.807, 2.05) is 24.6 Å². The fraction of sp³-hybridized carbons (Fsp3) is 0.474. The number of rotatable bonds is 14. The van der Waals surface area contributed by atoms with E-state index in [0.29, 0.717) is 85.6 Å². The van der Waals surface area contributed by atoms with Crippen LogP contribution in [-0.2, 0) is 28.7 Å². The van der Waals surface area contributed by atoms with Crippen molar-refractivity contribution in [3.8, 4) is 11.8 Å². The van der Waals surface area contributed by atoms with Gasteiger partial charge in [-0.1, -0.05) is 24.0 Å². The number of thioether (sulfide) groups is 2. The fourth-order valence-electron chi connectivity index (χ4n) is 6.34. The molecule has 4 N–H and O–H groups in total. The number of amides is 6. The molecule has 0 bridgehead atoms. The Labute approximate surface area is 324 Å². The Morgan fingerprint density at radius 2 is 1.11 bits per heavy atom. The van der Waals surface area contributed by atoms with Crippen molar-refractivity contribution in [2.24, 2.45) is 0 Å². The van der Waals surface area contributed by atoms with Gasteiger partial charge in [0.2, 0.25) is 23.6 Å². The maximum Gasteiger partial charge on any atom is 0.407 e. The lowest BCUT2D eigenvalue weighted by atomic mass is 10.1. The van der Waals surface area contributed by atoms with Gasteiger partial charge >= 0.3 is 12.2 Å². The minimum absolute atomic E-state index is 0.317. The fourth-order valence-corrected chi connectivity index (χ4v) is 7.28. The van der Waals surface area contributed by atoms with Crippen LogP contribution in [0.25, 0.3) is 0 Å². The van der Waals surface area contributed by atoms with Gasteiger partial charge in [0.25, 0.3) is 0 Å². The normalized spacial score (nSPS) is 17.3. The lowest BCUT2D eigenvalue weighted by Crippen LogP contribution is -2.52. The van der Waals surface area contributed by atoms with E-state index in [0.717, 1.165) is 0 Å². The van der Waals surface area contributed by atoms with Crippen molar-refractivity contribution in [3.63, 3.8) is 0 Å². The van der Waals surface area contributed by atoms with Crippen LogP contribution in [0.5, 0.6) is 0 Å². The average molecular weight is 781 g/mol. The number of benzene rings is 2. The van der Waals surface area contributed by atoms with Crippen LogP contribution in [0.2, 0.25) is 0 Å². The number of anilines is 2. The molecule has 14 nitrogen and oxygen atoms in total. The molecule has 0 radical (unpaired) electrons. The van der Waals surface area contributed by atoms with Crippen LogP contribution in [0, 0.1) is 11.8 Å². The SMILES string of the molecule is COC(=O)N[C@H](CCSC)C(=O)N1CCC[C@H]1C(=O)Nc1cccc(C#Cc2cccc(NC(=O)[C@@H]3CCCN3C(=O)[C@@H](CCSC)NC(=O)OC)c2)c1. The van der Waals surface area contributed by atoms with Gasteiger partial charge in [-0.3, -0.25) is 19.2 Å². The molecule has 0 unspecified atom stereocenters. The Morgan fingerprint density at radius 1 is 0.704 bits per heavy atom. The molecule has 2 aliphatic heterocycles. The average Bonchev–Trinajstić information content (AvgIpc) is 3.88. The Bertz CT molecular complexity index is 1610. The third-order valence-corrected chi connectivity index (χ3v) is 10.3. The summed E-state index contributed by atoms with van der Waals surface area (Å²) in [4.78, 5) is 80.5. The summed E-state index contributed by atoms with van der Waals surface area (Å²) in [5.74, 6) is 6.22.